The van der Waals surface area contributed by atoms with Gasteiger partial charge in [0.15, 0.2) is 0 Å². The van der Waals surface area contributed by atoms with E-state index < -0.39 is 24.1 Å². The van der Waals surface area contributed by atoms with Crippen molar-refractivity contribution in [1.82, 2.24) is 10.2 Å². The maximum atomic E-state index is 13.1. The van der Waals surface area contributed by atoms with E-state index in [1.54, 1.807) is 13.8 Å². The van der Waals surface area contributed by atoms with Crippen LogP contribution in [-0.2, 0) is 19.1 Å². The molecule has 1 amide bonds. The highest BCUT2D eigenvalue weighted by molar-refractivity contribution is 5.88. The van der Waals surface area contributed by atoms with Gasteiger partial charge in [0, 0.05) is 6.04 Å². The zero-order valence-electron chi connectivity index (χ0n) is 16.0. The average Bonchev–Trinajstić information content (AvgIpc) is 3.00. The quantitative estimate of drug-likeness (QED) is 0.631. The van der Waals surface area contributed by atoms with Gasteiger partial charge in [-0.3, -0.25) is 14.9 Å². The first-order chi connectivity index (χ1) is 12.4. The number of nitrogens with zero attached hydrogens (tertiary/aromatic N) is 1. The van der Waals surface area contributed by atoms with Crippen molar-refractivity contribution in [3.63, 3.8) is 0 Å². The summed E-state index contributed by atoms with van der Waals surface area (Å²) >= 11 is 0. The molecule has 0 unspecified atom stereocenters. The number of hydrogen-bond acceptors (Lipinski definition) is 6. The average molecular weight is 367 g/mol. The van der Waals surface area contributed by atoms with Gasteiger partial charge in [0.1, 0.15) is 6.04 Å². The molecule has 0 aromatic carbocycles. The van der Waals surface area contributed by atoms with Crippen LogP contribution in [-0.4, -0.2) is 53.5 Å². The van der Waals surface area contributed by atoms with Crippen LogP contribution in [0.3, 0.4) is 0 Å². The van der Waals surface area contributed by atoms with Gasteiger partial charge in [0.25, 0.3) is 0 Å². The SMILES string of the molecule is CCC[C@H](N[C@H](C)C(=O)N1[C@@H]2CCCC[C@@H]2C[C@H]1C(=O)[O-])C(=O)OCC. The molecular weight excluding hydrogens is 336 g/mol. The van der Waals surface area contributed by atoms with Gasteiger partial charge in [-0.05, 0) is 45.4 Å². The van der Waals surface area contributed by atoms with E-state index in [0.717, 1.165) is 32.1 Å². The lowest BCUT2D eigenvalue weighted by Gasteiger charge is -2.36. The van der Waals surface area contributed by atoms with Gasteiger partial charge < -0.3 is 19.5 Å². The first kappa shape index (κ1) is 20.7. The summed E-state index contributed by atoms with van der Waals surface area (Å²) in [6.45, 7) is 5.67. The molecule has 1 aliphatic carbocycles. The van der Waals surface area contributed by atoms with Crippen molar-refractivity contribution >= 4 is 17.8 Å². The van der Waals surface area contributed by atoms with Crippen LogP contribution in [0.2, 0.25) is 0 Å². The second-order valence-electron chi connectivity index (χ2n) is 7.41. The Morgan fingerprint density at radius 3 is 2.54 bits per heavy atom. The predicted octanol–water partition coefficient (Wildman–Crippen LogP) is 0.606. The largest absolute Gasteiger partial charge is 0.548 e. The van der Waals surface area contributed by atoms with Crippen molar-refractivity contribution in [3.05, 3.63) is 0 Å². The van der Waals surface area contributed by atoms with Crippen LogP contribution in [0, 0.1) is 5.92 Å². The minimum absolute atomic E-state index is 0.0318. The van der Waals surface area contributed by atoms with Crippen LogP contribution >= 0.6 is 0 Å². The van der Waals surface area contributed by atoms with Gasteiger partial charge in [-0.2, -0.15) is 0 Å². The number of fused-ring (bicyclic) bond motifs is 1. The third kappa shape index (κ3) is 4.55. The number of ether oxygens (including phenoxy) is 1. The van der Waals surface area contributed by atoms with Crippen LogP contribution in [0.4, 0.5) is 0 Å². The highest BCUT2D eigenvalue weighted by atomic mass is 16.5. The lowest BCUT2D eigenvalue weighted by molar-refractivity contribution is -0.310. The Bertz CT molecular complexity index is 524. The number of carbonyl (C=O) groups excluding carboxylic acids is 3. The van der Waals surface area contributed by atoms with Crippen molar-refractivity contribution < 1.29 is 24.2 Å². The Morgan fingerprint density at radius 2 is 1.92 bits per heavy atom. The van der Waals surface area contributed by atoms with Crippen LogP contribution in [0.1, 0.15) is 65.7 Å². The number of carboxylic acid groups (broad SMARTS) is 1. The van der Waals surface area contributed by atoms with Gasteiger partial charge >= 0.3 is 5.97 Å². The second-order valence-corrected chi connectivity index (χ2v) is 7.41. The number of carboxylic acids is 1. The molecule has 1 aliphatic heterocycles. The first-order valence-corrected chi connectivity index (χ1v) is 9.86. The van der Waals surface area contributed by atoms with Gasteiger partial charge in [0.05, 0.1) is 24.7 Å². The molecule has 1 saturated carbocycles. The highest BCUT2D eigenvalue weighted by Crippen LogP contribution is 2.39. The molecule has 7 heteroatoms. The normalized spacial score (nSPS) is 27.5. The fourth-order valence-corrected chi connectivity index (χ4v) is 4.38. The smallest absolute Gasteiger partial charge is 0.323 e. The van der Waals surface area contributed by atoms with E-state index in [1.807, 2.05) is 6.92 Å². The Balaban J connectivity index is 2.10. The summed E-state index contributed by atoms with van der Waals surface area (Å²) in [5.74, 6) is -1.59. The van der Waals surface area contributed by atoms with E-state index in [-0.39, 0.29) is 30.4 Å². The number of hydrogen-bond donors (Lipinski definition) is 1. The summed E-state index contributed by atoms with van der Waals surface area (Å²) in [6.07, 6.45) is 5.69. The van der Waals surface area contributed by atoms with Crippen molar-refractivity contribution in [2.45, 2.75) is 89.9 Å². The molecular formula is C19H31N2O5-. The van der Waals surface area contributed by atoms with Crippen LogP contribution < -0.4 is 10.4 Å². The summed E-state index contributed by atoms with van der Waals surface area (Å²) < 4.78 is 5.08. The fraction of sp³-hybridized carbons (Fsp3) is 0.842. The van der Waals surface area contributed by atoms with Gasteiger partial charge in [-0.25, -0.2) is 0 Å². The first-order valence-electron chi connectivity index (χ1n) is 9.86. The third-order valence-corrected chi connectivity index (χ3v) is 5.58. The summed E-state index contributed by atoms with van der Waals surface area (Å²) in [5.41, 5.74) is 0. The van der Waals surface area contributed by atoms with Crippen LogP contribution in [0.5, 0.6) is 0 Å². The van der Waals surface area contributed by atoms with E-state index in [4.69, 9.17) is 4.74 Å². The molecule has 7 nitrogen and oxygen atoms in total. The second kappa shape index (κ2) is 9.35. The number of esters is 1. The number of nitrogens with one attached hydrogen (secondary N) is 1. The molecule has 5 atom stereocenters. The van der Waals surface area contributed by atoms with Crippen molar-refractivity contribution in [2.75, 3.05) is 6.61 Å². The van der Waals surface area contributed by atoms with E-state index in [0.29, 0.717) is 12.8 Å². The standard InChI is InChI=1S/C19H32N2O5/c1-4-8-14(19(25)26-5-2)20-12(3)17(22)21-15-10-7-6-9-13(15)11-16(21)18(23)24/h12-16,20H,4-11H2,1-3H3,(H,23,24)/p-1/t12-,13-,14+,15-,16+/m1/s1. The monoisotopic (exact) mass is 367 g/mol. The molecule has 0 bridgehead atoms. The molecule has 2 rings (SSSR count). The molecule has 1 heterocycles. The zero-order valence-corrected chi connectivity index (χ0v) is 16.0. The molecule has 26 heavy (non-hydrogen) atoms. The Morgan fingerprint density at radius 1 is 1.23 bits per heavy atom. The molecule has 148 valence electrons. The molecule has 2 fully saturated rings. The fourth-order valence-electron chi connectivity index (χ4n) is 4.38. The van der Waals surface area contributed by atoms with Crippen molar-refractivity contribution in [3.8, 4) is 0 Å². The topological polar surface area (TPSA) is 98.8 Å². The number of rotatable bonds is 8. The lowest BCUT2D eigenvalue weighted by atomic mass is 9.84. The minimum atomic E-state index is -1.18. The maximum absolute atomic E-state index is 13.1. The molecule has 0 aromatic heterocycles. The molecule has 1 saturated heterocycles. The van der Waals surface area contributed by atoms with E-state index in [9.17, 15) is 19.5 Å². The molecule has 0 spiro atoms. The van der Waals surface area contributed by atoms with E-state index in [2.05, 4.69) is 5.32 Å². The van der Waals surface area contributed by atoms with E-state index >= 15 is 0 Å². The van der Waals surface area contributed by atoms with Crippen molar-refractivity contribution in [2.24, 2.45) is 5.92 Å². The lowest BCUT2D eigenvalue weighted by Crippen LogP contribution is -2.57. The van der Waals surface area contributed by atoms with Gasteiger partial charge in [-0.15, -0.1) is 0 Å². The van der Waals surface area contributed by atoms with Gasteiger partial charge in [-0.1, -0.05) is 26.2 Å². The molecule has 2 aliphatic rings. The van der Waals surface area contributed by atoms with Gasteiger partial charge in [0.2, 0.25) is 5.91 Å². The Hall–Kier alpha value is -1.63. The summed E-state index contributed by atoms with van der Waals surface area (Å²) in [5, 5.41) is 14.7. The Labute approximate surface area is 155 Å². The molecule has 1 N–H and O–H groups in total. The number of carbonyl (C=O) groups is 3. The number of amides is 1. The Kier molecular flexibility index (Phi) is 7.43. The third-order valence-electron chi connectivity index (χ3n) is 5.58. The van der Waals surface area contributed by atoms with Crippen LogP contribution in [0.15, 0.2) is 0 Å². The highest BCUT2D eigenvalue weighted by Gasteiger charge is 2.46. The minimum Gasteiger partial charge on any atom is -0.548 e. The molecule has 0 aromatic rings. The van der Waals surface area contributed by atoms with E-state index in [1.165, 1.54) is 4.90 Å². The summed E-state index contributed by atoms with van der Waals surface area (Å²) in [6, 6.07) is -2.12. The summed E-state index contributed by atoms with van der Waals surface area (Å²) in [4.78, 5) is 38.3. The summed E-state index contributed by atoms with van der Waals surface area (Å²) in [7, 11) is 0. The predicted molar refractivity (Wildman–Crippen MR) is 93.9 cm³/mol. The number of likely N-dealkylation sites (tertiary alicyclic amines) is 1. The van der Waals surface area contributed by atoms with Crippen molar-refractivity contribution in [1.29, 1.82) is 0 Å². The zero-order chi connectivity index (χ0) is 19.3. The van der Waals surface area contributed by atoms with Crippen LogP contribution in [0.25, 0.3) is 0 Å². The number of aliphatic carboxylic acids is 1. The molecule has 0 radical (unpaired) electrons. The maximum Gasteiger partial charge on any atom is 0.323 e.